The van der Waals surface area contributed by atoms with Crippen LogP contribution in [0.4, 0.5) is 0 Å². The average Bonchev–Trinajstić information content (AvgIpc) is 2.06. The van der Waals surface area contributed by atoms with E-state index >= 15 is 0 Å². The van der Waals surface area contributed by atoms with Gasteiger partial charge in [-0.05, 0) is 25.5 Å². The minimum absolute atomic E-state index is 0.768. The highest BCUT2D eigenvalue weighted by atomic mass is 14.8. The molecule has 0 fully saturated rings. The fraction of sp³-hybridized carbons (Fsp3) is 0.400. The first kappa shape index (κ1) is 10.8. The zero-order valence-electron chi connectivity index (χ0n) is 8.09. The lowest BCUT2D eigenvalue weighted by atomic mass is 10.2. The zero-order chi connectivity index (χ0) is 9.40. The van der Waals surface area contributed by atoms with Crippen molar-refractivity contribution < 1.29 is 0 Å². The van der Waals surface area contributed by atoms with Gasteiger partial charge in [0.15, 0.2) is 0 Å². The SMILES string of the molecule is C\C=C/C(N)=C(\C=C/CC)NC. The average molecular weight is 166 g/mol. The predicted octanol–water partition coefficient (Wildman–Crippen LogP) is 1.92. The van der Waals surface area contributed by atoms with Gasteiger partial charge in [0.2, 0.25) is 0 Å². The summed E-state index contributed by atoms with van der Waals surface area (Å²) >= 11 is 0. The fourth-order valence-corrected chi connectivity index (χ4v) is 0.829. The molecule has 0 aliphatic rings. The molecule has 0 heterocycles. The Morgan fingerprint density at radius 1 is 1.42 bits per heavy atom. The van der Waals surface area contributed by atoms with Crippen LogP contribution in [0.2, 0.25) is 0 Å². The summed E-state index contributed by atoms with van der Waals surface area (Å²) in [6.07, 6.45) is 8.89. The van der Waals surface area contributed by atoms with Gasteiger partial charge in [0.25, 0.3) is 0 Å². The molecule has 0 bridgehead atoms. The molecule has 0 saturated heterocycles. The van der Waals surface area contributed by atoms with E-state index in [0.717, 1.165) is 17.8 Å². The second-order valence-corrected chi connectivity index (χ2v) is 2.43. The molecule has 0 atom stereocenters. The monoisotopic (exact) mass is 166 g/mol. The molecule has 0 aromatic rings. The van der Waals surface area contributed by atoms with Crippen LogP contribution in [-0.4, -0.2) is 7.05 Å². The summed E-state index contributed by atoms with van der Waals surface area (Å²) in [5.74, 6) is 0. The van der Waals surface area contributed by atoms with Crippen molar-refractivity contribution in [1.29, 1.82) is 0 Å². The third kappa shape index (κ3) is 3.86. The highest BCUT2D eigenvalue weighted by Gasteiger charge is 1.91. The van der Waals surface area contributed by atoms with E-state index in [1.165, 1.54) is 0 Å². The smallest absolute Gasteiger partial charge is 0.0567 e. The van der Waals surface area contributed by atoms with Gasteiger partial charge in [-0.2, -0.15) is 0 Å². The van der Waals surface area contributed by atoms with Gasteiger partial charge in [-0.15, -0.1) is 0 Å². The molecule has 0 spiro atoms. The Hall–Kier alpha value is -1.18. The Labute approximate surface area is 74.8 Å². The largest absolute Gasteiger partial charge is 0.397 e. The normalized spacial score (nSPS) is 13.9. The van der Waals surface area contributed by atoms with Gasteiger partial charge in [-0.25, -0.2) is 0 Å². The first-order valence-corrected chi connectivity index (χ1v) is 4.23. The van der Waals surface area contributed by atoms with Gasteiger partial charge in [-0.3, -0.25) is 0 Å². The second kappa shape index (κ2) is 6.53. The minimum atomic E-state index is 0.768. The molecule has 0 aliphatic carbocycles. The van der Waals surface area contributed by atoms with Crippen LogP contribution in [0.3, 0.4) is 0 Å². The van der Waals surface area contributed by atoms with Crippen molar-refractivity contribution in [1.82, 2.24) is 5.32 Å². The third-order valence-electron chi connectivity index (χ3n) is 1.45. The number of hydrogen-bond donors (Lipinski definition) is 2. The van der Waals surface area contributed by atoms with Gasteiger partial charge < -0.3 is 11.1 Å². The van der Waals surface area contributed by atoms with Crippen LogP contribution in [0.15, 0.2) is 35.7 Å². The lowest BCUT2D eigenvalue weighted by Gasteiger charge is -2.03. The maximum atomic E-state index is 5.76. The van der Waals surface area contributed by atoms with Crippen LogP contribution in [0.5, 0.6) is 0 Å². The summed E-state index contributed by atoms with van der Waals surface area (Å²) < 4.78 is 0. The van der Waals surface area contributed by atoms with Crippen molar-refractivity contribution in [2.45, 2.75) is 20.3 Å². The van der Waals surface area contributed by atoms with Crippen LogP contribution in [0.25, 0.3) is 0 Å². The quantitative estimate of drug-likeness (QED) is 0.626. The van der Waals surface area contributed by atoms with Crippen molar-refractivity contribution in [2.75, 3.05) is 7.05 Å². The Morgan fingerprint density at radius 2 is 2.08 bits per heavy atom. The Bertz CT molecular complexity index is 200. The number of allylic oxidation sites excluding steroid dienone is 4. The molecule has 0 rings (SSSR count). The molecule has 0 unspecified atom stereocenters. The molecule has 2 heteroatoms. The molecule has 0 amide bonds. The Kier molecular flexibility index (Phi) is 5.88. The van der Waals surface area contributed by atoms with Gasteiger partial charge >= 0.3 is 0 Å². The number of rotatable bonds is 4. The van der Waals surface area contributed by atoms with Crippen molar-refractivity contribution >= 4 is 0 Å². The van der Waals surface area contributed by atoms with Crippen LogP contribution < -0.4 is 11.1 Å². The fourth-order valence-electron chi connectivity index (χ4n) is 0.829. The van der Waals surface area contributed by atoms with Gasteiger partial charge in [0.05, 0.1) is 11.4 Å². The van der Waals surface area contributed by atoms with Crippen LogP contribution in [-0.2, 0) is 0 Å². The molecule has 0 aromatic heterocycles. The lowest BCUT2D eigenvalue weighted by molar-refractivity contribution is 0.999. The summed E-state index contributed by atoms with van der Waals surface area (Å²) in [5.41, 5.74) is 7.49. The predicted molar refractivity (Wildman–Crippen MR) is 54.5 cm³/mol. The maximum Gasteiger partial charge on any atom is 0.0567 e. The maximum absolute atomic E-state index is 5.76. The topological polar surface area (TPSA) is 38.0 Å². The van der Waals surface area contributed by atoms with Crippen molar-refractivity contribution in [3.05, 3.63) is 35.7 Å². The highest BCUT2D eigenvalue weighted by Crippen LogP contribution is 1.98. The third-order valence-corrected chi connectivity index (χ3v) is 1.45. The molecule has 12 heavy (non-hydrogen) atoms. The number of nitrogens with one attached hydrogen (secondary N) is 1. The Balaban J connectivity index is 4.49. The molecular formula is C10H18N2. The number of nitrogens with two attached hydrogens (primary N) is 1. The molecule has 0 saturated carbocycles. The van der Waals surface area contributed by atoms with E-state index in [4.69, 9.17) is 5.73 Å². The summed E-state index contributed by atoms with van der Waals surface area (Å²) in [6.45, 7) is 4.04. The minimum Gasteiger partial charge on any atom is -0.397 e. The highest BCUT2D eigenvalue weighted by molar-refractivity contribution is 5.29. The van der Waals surface area contributed by atoms with Crippen molar-refractivity contribution in [2.24, 2.45) is 5.73 Å². The summed E-state index contributed by atoms with van der Waals surface area (Å²) in [7, 11) is 1.87. The lowest BCUT2D eigenvalue weighted by Crippen LogP contribution is -2.10. The van der Waals surface area contributed by atoms with Crippen LogP contribution in [0.1, 0.15) is 20.3 Å². The van der Waals surface area contributed by atoms with E-state index in [-0.39, 0.29) is 0 Å². The van der Waals surface area contributed by atoms with Crippen molar-refractivity contribution in [3.63, 3.8) is 0 Å². The number of hydrogen-bond acceptors (Lipinski definition) is 2. The van der Waals surface area contributed by atoms with E-state index in [1.807, 2.05) is 32.2 Å². The molecule has 2 nitrogen and oxygen atoms in total. The van der Waals surface area contributed by atoms with Gasteiger partial charge in [-0.1, -0.05) is 19.1 Å². The molecule has 3 N–H and O–H groups in total. The molecule has 0 aromatic carbocycles. The first-order valence-electron chi connectivity index (χ1n) is 4.23. The van der Waals surface area contributed by atoms with E-state index in [2.05, 4.69) is 18.3 Å². The van der Waals surface area contributed by atoms with Gasteiger partial charge in [0.1, 0.15) is 0 Å². The van der Waals surface area contributed by atoms with E-state index in [0.29, 0.717) is 0 Å². The molecule has 0 radical (unpaired) electrons. The Morgan fingerprint density at radius 3 is 2.50 bits per heavy atom. The van der Waals surface area contributed by atoms with Crippen molar-refractivity contribution in [3.8, 4) is 0 Å². The zero-order valence-corrected chi connectivity index (χ0v) is 8.09. The molecular weight excluding hydrogens is 148 g/mol. The van der Waals surface area contributed by atoms with E-state index < -0.39 is 0 Å². The molecule has 0 aliphatic heterocycles. The summed E-state index contributed by atoms with van der Waals surface area (Å²) in [4.78, 5) is 0. The van der Waals surface area contributed by atoms with E-state index in [9.17, 15) is 0 Å². The number of likely N-dealkylation sites (N-methyl/N-ethyl adjacent to an activating group) is 1. The van der Waals surface area contributed by atoms with Crippen LogP contribution >= 0.6 is 0 Å². The van der Waals surface area contributed by atoms with Gasteiger partial charge in [0, 0.05) is 7.05 Å². The molecule has 68 valence electrons. The first-order chi connectivity index (χ1) is 5.76. The van der Waals surface area contributed by atoms with E-state index in [1.54, 1.807) is 0 Å². The standard InChI is InChI=1S/C10H18N2/c1-4-6-8-10(12-3)9(11)7-5-2/h5-8,12H,4,11H2,1-3H3/b7-5-,8-6-,10-9-. The second-order valence-electron chi connectivity index (χ2n) is 2.43. The summed E-state index contributed by atoms with van der Waals surface area (Å²) in [6, 6.07) is 0. The summed E-state index contributed by atoms with van der Waals surface area (Å²) in [5, 5.41) is 3.04. The van der Waals surface area contributed by atoms with Crippen LogP contribution in [0, 0.1) is 0 Å².